The van der Waals surface area contributed by atoms with Crippen molar-refractivity contribution in [2.45, 2.75) is 18.1 Å². The van der Waals surface area contributed by atoms with Crippen LogP contribution in [0.25, 0.3) is 0 Å². The Morgan fingerprint density at radius 1 is 1.15 bits per heavy atom. The van der Waals surface area contributed by atoms with Crippen LogP contribution in [0.5, 0.6) is 0 Å². The Kier molecular flexibility index (Phi) is 2.71. The SMILES string of the molecule is CN1c2ccc(NS(=O)(=O)C3CC3)cc2N(C)S1(=O)=O. The Labute approximate surface area is 118 Å². The van der Waals surface area contributed by atoms with Crippen LogP contribution in [-0.4, -0.2) is 36.2 Å². The van der Waals surface area contributed by atoms with E-state index in [2.05, 4.69) is 4.72 Å². The normalized spacial score (nSPS) is 20.9. The molecule has 0 saturated heterocycles. The van der Waals surface area contributed by atoms with Gasteiger partial charge in [-0.2, -0.15) is 8.42 Å². The number of hydrogen-bond donors (Lipinski definition) is 1. The zero-order valence-electron chi connectivity index (χ0n) is 11.1. The van der Waals surface area contributed by atoms with Gasteiger partial charge in [0.2, 0.25) is 10.0 Å². The van der Waals surface area contributed by atoms with Crippen LogP contribution in [0.4, 0.5) is 17.1 Å². The maximum Gasteiger partial charge on any atom is 0.326 e. The highest BCUT2D eigenvalue weighted by atomic mass is 32.2. The van der Waals surface area contributed by atoms with Crippen molar-refractivity contribution >= 4 is 37.3 Å². The van der Waals surface area contributed by atoms with Gasteiger partial charge in [-0.05, 0) is 31.0 Å². The van der Waals surface area contributed by atoms with Crippen LogP contribution in [0.15, 0.2) is 18.2 Å². The molecule has 0 amide bonds. The zero-order chi connectivity index (χ0) is 14.7. The molecule has 0 unspecified atom stereocenters. The summed E-state index contributed by atoms with van der Waals surface area (Å²) in [7, 11) is -3.98. The van der Waals surface area contributed by atoms with Crippen LogP contribution >= 0.6 is 0 Å². The third-order valence-electron chi connectivity index (χ3n) is 3.57. The fourth-order valence-electron chi connectivity index (χ4n) is 2.16. The van der Waals surface area contributed by atoms with Gasteiger partial charge < -0.3 is 0 Å². The van der Waals surface area contributed by atoms with Crippen molar-refractivity contribution in [2.24, 2.45) is 0 Å². The standard InChI is InChI=1S/C11H15N3O4S2/c1-13-10-6-3-8(12-19(15,16)9-4-5-9)7-11(10)14(2)20(13,17)18/h3,6-7,9,12H,4-5H2,1-2H3. The molecule has 1 aliphatic carbocycles. The Morgan fingerprint density at radius 3 is 2.35 bits per heavy atom. The second kappa shape index (κ2) is 4.01. The van der Waals surface area contributed by atoms with E-state index >= 15 is 0 Å². The largest absolute Gasteiger partial charge is 0.326 e. The summed E-state index contributed by atoms with van der Waals surface area (Å²) >= 11 is 0. The predicted octanol–water partition coefficient (Wildman–Crippen LogP) is 0.721. The van der Waals surface area contributed by atoms with Crippen LogP contribution in [0, 0.1) is 0 Å². The first-order valence-corrected chi connectivity index (χ1v) is 9.06. The summed E-state index contributed by atoms with van der Waals surface area (Å²) in [4.78, 5) is 0. The third kappa shape index (κ3) is 1.92. The van der Waals surface area contributed by atoms with Crippen molar-refractivity contribution < 1.29 is 16.8 Å². The fourth-order valence-corrected chi connectivity index (χ4v) is 4.71. The average molecular weight is 317 g/mol. The molecule has 0 spiro atoms. The number of benzene rings is 1. The molecule has 3 rings (SSSR count). The maximum atomic E-state index is 12.0. The van der Waals surface area contributed by atoms with E-state index in [1.807, 2.05) is 0 Å². The molecule has 0 radical (unpaired) electrons. The van der Waals surface area contributed by atoms with E-state index in [-0.39, 0.29) is 5.25 Å². The number of rotatable bonds is 3. The lowest BCUT2D eigenvalue weighted by atomic mass is 10.2. The molecule has 7 nitrogen and oxygen atoms in total. The number of sulfonamides is 1. The minimum Gasteiger partial charge on any atom is -0.283 e. The number of fused-ring (bicyclic) bond motifs is 1. The van der Waals surface area contributed by atoms with Crippen LogP contribution < -0.4 is 13.3 Å². The van der Waals surface area contributed by atoms with Crippen molar-refractivity contribution in [2.75, 3.05) is 27.4 Å². The fraction of sp³-hybridized carbons (Fsp3) is 0.455. The first-order valence-electron chi connectivity index (χ1n) is 6.12. The quantitative estimate of drug-likeness (QED) is 0.890. The van der Waals surface area contributed by atoms with E-state index in [0.29, 0.717) is 29.9 Å². The molecule has 2 aliphatic rings. The lowest BCUT2D eigenvalue weighted by Gasteiger charge is -2.13. The van der Waals surface area contributed by atoms with Crippen LogP contribution in [0.2, 0.25) is 0 Å². The topological polar surface area (TPSA) is 86.8 Å². The zero-order valence-corrected chi connectivity index (χ0v) is 12.7. The molecule has 1 aromatic rings. The molecule has 20 heavy (non-hydrogen) atoms. The molecular formula is C11H15N3O4S2. The van der Waals surface area contributed by atoms with E-state index in [9.17, 15) is 16.8 Å². The van der Waals surface area contributed by atoms with Gasteiger partial charge in [-0.1, -0.05) is 0 Å². The summed E-state index contributed by atoms with van der Waals surface area (Å²) in [5.74, 6) is 0. The van der Waals surface area contributed by atoms with Crippen molar-refractivity contribution in [3.05, 3.63) is 18.2 Å². The lowest BCUT2D eigenvalue weighted by Crippen LogP contribution is -2.32. The minimum atomic E-state index is -3.54. The Hall–Kier alpha value is -1.48. The van der Waals surface area contributed by atoms with Crippen LogP contribution in [-0.2, 0) is 20.2 Å². The predicted molar refractivity (Wildman–Crippen MR) is 77.7 cm³/mol. The molecule has 110 valence electrons. The first-order chi connectivity index (χ1) is 9.23. The Bertz CT molecular complexity index is 769. The van der Waals surface area contributed by atoms with Gasteiger partial charge in [0, 0.05) is 14.1 Å². The second-order valence-corrected chi connectivity index (χ2v) is 8.94. The Balaban J connectivity index is 1.98. The van der Waals surface area contributed by atoms with E-state index in [0.717, 1.165) is 4.31 Å². The highest BCUT2D eigenvalue weighted by molar-refractivity contribution is 7.94. The summed E-state index contributed by atoms with van der Waals surface area (Å²) in [5, 5.41) is -0.320. The minimum absolute atomic E-state index is 0.320. The summed E-state index contributed by atoms with van der Waals surface area (Å²) in [5.41, 5.74) is 1.37. The highest BCUT2D eigenvalue weighted by Gasteiger charge is 2.37. The summed E-state index contributed by atoms with van der Waals surface area (Å²) in [6.45, 7) is 0. The number of nitrogens with one attached hydrogen (secondary N) is 1. The third-order valence-corrected chi connectivity index (χ3v) is 7.22. The van der Waals surface area contributed by atoms with E-state index in [1.165, 1.54) is 24.5 Å². The van der Waals surface area contributed by atoms with Gasteiger partial charge in [0.1, 0.15) is 0 Å². The van der Waals surface area contributed by atoms with Crippen molar-refractivity contribution in [3.63, 3.8) is 0 Å². The molecule has 1 saturated carbocycles. The first kappa shape index (κ1) is 13.5. The van der Waals surface area contributed by atoms with Gasteiger partial charge in [-0.3, -0.25) is 13.3 Å². The van der Waals surface area contributed by atoms with Crippen LogP contribution in [0.3, 0.4) is 0 Å². The van der Waals surface area contributed by atoms with E-state index in [4.69, 9.17) is 0 Å². The van der Waals surface area contributed by atoms with E-state index < -0.39 is 20.2 Å². The van der Waals surface area contributed by atoms with Gasteiger partial charge in [0.05, 0.1) is 22.3 Å². The number of hydrogen-bond acceptors (Lipinski definition) is 4. The average Bonchev–Trinajstić information content (AvgIpc) is 3.18. The van der Waals surface area contributed by atoms with Gasteiger partial charge in [-0.25, -0.2) is 8.42 Å². The van der Waals surface area contributed by atoms with Gasteiger partial charge in [0.25, 0.3) is 0 Å². The summed E-state index contributed by atoms with van der Waals surface area (Å²) in [6, 6.07) is 4.71. The second-order valence-electron chi connectivity index (χ2n) is 4.99. The molecule has 9 heteroatoms. The number of nitrogens with zero attached hydrogens (tertiary/aromatic N) is 2. The molecule has 1 N–H and O–H groups in total. The molecule has 1 heterocycles. The van der Waals surface area contributed by atoms with Crippen molar-refractivity contribution in [1.82, 2.24) is 0 Å². The molecule has 1 aromatic carbocycles. The van der Waals surface area contributed by atoms with Gasteiger partial charge in [-0.15, -0.1) is 0 Å². The summed E-state index contributed by atoms with van der Waals surface area (Å²) < 4.78 is 52.5. The molecule has 1 aliphatic heterocycles. The smallest absolute Gasteiger partial charge is 0.283 e. The number of anilines is 3. The summed E-state index contributed by atoms with van der Waals surface area (Å²) in [6.07, 6.45) is 1.36. The van der Waals surface area contributed by atoms with Crippen molar-refractivity contribution in [1.29, 1.82) is 0 Å². The molecule has 0 atom stereocenters. The van der Waals surface area contributed by atoms with Gasteiger partial charge >= 0.3 is 10.2 Å². The molecular weight excluding hydrogens is 302 g/mol. The lowest BCUT2D eigenvalue weighted by molar-refractivity contribution is 0.595. The molecule has 1 fully saturated rings. The molecule has 0 bridgehead atoms. The van der Waals surface area contributed by atoms with E-state index in [1.54, 1.807) is 12.1 Å². The Morgan fingerprint density at radius 2 is 1.75 bits per heavy atom. The van der Waals surface area contributed by atoms with Crippen molar-refractivity contribution in [3.8, 4) is 0 Å². The maximum absolute atomic E-state index is 12.0. The van der Waals surface area contributed by atoms with Crippen LogP contribution in [0.1, 0.15) is 12.8 Å². The highest BCUT2D eigenvalue weighted by Crippen LogP contribution is 2.41. The monoisotopic (exact) mass is 317 g/mol. The molecule has 0 aromatic heterocycles. The van der Waals surface area contributed by atoms with Gasteiger partial charge in [0.15, 0.2) is 0 Å².